The zero-order chi connectivity index (χ0) is 22.7. The molecule has 170 valence electrons. The van der Waals surface area contributed by atoms with E-state index in [9.17, 15) is 4.79 Å². The number of rotatable bonds is 9. The normalized spacial score (nSPS) is 21.1. The van der Waals surface area contributed by atoms with E-state index in [1.54, 1.807) is 7.11 Å². The molecule has 5 nitrogen and oxygen atoms in total. The molecule has 1 aromatic carbocycles. The van der Waals surface area contributed by atoms with Crippen LogP contribution in [0.5, 0.6) is 0 Å². The number of aryl methyl sites for hydroxylation is 2. The van der Waals surface area contributed by atoms with Gasteiger partial charge in [0, 0.05) is 23.6 Å². The lowest BCUT2D eigenvalue weighted by molar-refractivity contribution is -0.120. The second-order valence-corrected chi connectivity index (χ2v) is 9.09. The first-order valence-corrected chi connectivity index (χ1v) is 11.5. The molecule has 1 amide bonds. The topological polar surface area (TPSA) is 54.6 Å². The van der Waals surface area contributed by atoms with Gasteiger partial charge in [0.05, 0.1) is 19.8 Å². The number of nitrogens with one attached hydrogen (secondary N) is 1. The van der Waals surface area contributed by atoms with E-state index in [2.05, 4.69) is 49.0 Å². The largest absolute Gasteiger partial charge is 0.498 e. The van der Waals surface area contributed by atoms with Gasteiger partial charge in [-0.3, -0.25) is 4.79 Å². The number of hydrogen-bond donors (Lipinski definition) is 1. The number of H-pyrrole nitrogens is 1. The zero-order valence-corrected chi connectivity index (χ0v) is 19.4. The fourth-order valence-electron chi connectivity index (χ4n) is 4.40. The van der Waals surface area contributed by atoms with Crippen LogP contribution in [0.1, 0.15) is 43.7 Å². The molecule has 32 heavy (non-hydrogen) atoms. The molecule has 1 saturated carbocycles. The van der Waals surface area contributed by atoms with Crippen LogP contribution in [0.25, 0.3) is 10.9 Å². The molecule has 0 unspecified atom stereocenters. The zero-order valence-electron chi connectivity index (χ0n) is 19.4. The number of amides is 1. The van der Waals surface area contributed by atoms with E-state index in [0.717, 1.165) is 53.9 Å². The van der Waals surface area contributed by atoms with E-state index < -0.39 is 0 Å². The molecule has 1 atom stereocenters. The third-order valence-electron chi connectivity index (χ3n) is 6.70. The van der Waals surface area contributed by atoms with Crippen LogP contribution in [-0.4, -0.2) is 42.6 Å². The van der Waals surface area contributed by atoms with Gasteiger partial charge in [-0.2, -0.15) is 0 Å². The van der Waals surface area contributed by atoms with E-state index in [1.165, 1.54) is 29.4 Å². The number of ether oxygens (including phenoxy) is 2. The maximum Gasteiger partial charge on any atom is 0.210 e. The van der Waals surface area contributed by atoms with Crippen LogP contribution in [-0.2, 0) is 20.7 Å². The van der Waals surface area contributed by atoms with Crippen molar-refractivity contribution < 1.29 is 14.3 Å². The third-order valence-corrected chi connectivity index (χ3v) is 6.70. The fourth-order valence-corrected chi connectivity index (χ4v) is 4.40. The monoisotopic (exact) mass is 434 g/mol. The minimum absolute atomic E-state index is 0.0340. The highest BCUT2D eigenvalue weighted by Crippen LogP contribution is 2.33. The maximum atomic E-state index is 11.9. The van der Waals surface area contributed by atoms with Gasteiger partial charge < -0.3 is 19.4 Å². The number of hydrogen-bond acceptors (Lipinski definition) is 3. The highest BCUT2D eigenvalue weighted by molar-refractivity contribution is 5.83. The van der Waals surface area contributed by atoms with E-state index in [1.807, 2.05) is 11.8 Å². The van der Waals surface area contributed by atoms with Crippen LogP contribution < -0.4 is 0 Å². The van der Waals surface area contributed by atoms with E-state index in [-0.39, 0.29) is 6.04 Å². The van der Waals surface area contributed by atoms with Crippen LogP contribution in [0, 0.1) is 12.8 Å². The molecule has 4 rings (SSSR count). The highest BCUT2D eigenvalue weighted by atomic mass is 16.5. The summed E-state index contributed by atoms with van der Waals surface area (Å²) in [5.74, 6) is 2.14. The molecule has 2 aromatic rings. The number of likely N-dealkylation sites (tertiary alicyclic amines) is 1. The number of aromatic amines is 1. The van der Waals surface area contributed by atoms with Gasteiger partial charge >= 0.3 is 0 Å². The van der Waals surface area contributed by atoms with Crippen LogP contribution in [0.2, 0.25) is 0 Å². The van der Waals surface area contributed by atoms with Gasteiger partial charge in [0.2, 0.25) is 6.41 Å². The summed E-state index contributed by atoms with van der Waals surface area (Å²) < 4.78 is 11.6. The lowest BCUT2D eigenvalue weighted by Gasteiger charge is -2.36. The summed E-state index contributed by atoms with van der Waals surface area (Å²) in [4.78, 5) is 17.2. The van der Waals surface area contributed by atoms with Gasteiger partial charge in [-0.1, -0.05) is 18.7 Å². The summed E-state index contributed by atoms with van der Waals surface area (Å²) in [6.45, 7) is 9.76. The van der Waals surface area contributed by atoms with Crippen LogP contribution in [0.4, 0.5) is 0 Å². The summed E-state index contributed by atoms with van der Waals surface area (Å²) in [6.07, 6.45) is 10.1. The van der Waals surface area contributed by atoms with E-state index >= 15 is 0 Å². The van der Waals surface area contributed by atoms with Crippen molar-refractivity contribution in [2.24, 2.45) is 5.92 Å². The number of allylic oxidation sites excluding steroid dienone is 2. The molecule has 0 bridgehead atoms. The first-order valence-electron chi connectivity index (χ1n) is 11.5. The molecule has 2 fully saturated rings. The predicted molar refractivity (Wildman–Crippen MR) is 128 cm³/mol. The molecule has 0 radical (unpaired) electrons. The fraction of sp³-hybridized carbons (Fsp3) is 0.444. The summed E-state index contributed by atoms with van der Waals surface area (Å²) in [6, 6.07) is 6.46. The molecule has 1 N–H and O–H groups in total. The number of benzene rings is 1. The minimum Gasteiger partial charge on any atom is -0.498 e. The Morgan fingerprint density at radius 2 is 2.16 bits per heavy atom. The van der Waals surface area contributed by atoms with E-state index in [0.29, 0.717) is 19.1 Å². The minimum atomic E-state index is -0.0340. The van der Waals surface area contributed by atoms with Crippen molar-refractivity contribution in [3.05, 3.63) is 70.8 Å². The maximum absolute atomic E-state index is 11.9. The molecule has 2 heterocycles. The molecule has 1 aromatic heterocycles. The summed E-state index contributed by atoms with van der Waals surface area (Å²) in [5, 5.41) is 1.25. The number of fused-ring (bicyclic) bond motifs is 1. The summed E-state index contributed by atoms with van der Waals surface area (Å²) in [5.41, 5.74) is 5.81. The van der Waals surface area contributed by atoms with Gasteiger partial charge in [0.15, 0.2) is 5.76 Å². The lowest BCUT2D eigenvalue weighted by atomic mass is 9.87. The van der Waals surface area contributed by atoms with Crippen LogP contribution in [0.3, 0.4) is 0 Å². The average Bonchev–Trinajstić information content (AvgIpc) is 3.54. The lowest BCUT2D eigenvalue weighted by Crippen LogP contribution is -2.41. The quantitative estimate of drug-likeness (QED) is 0.423. The molecular weight excluding hydrogens is 400 g/mol. The summed E-state index contributed by atoms with van der Waals surface area (Å²) in [7, 11) is 1.66. The van der Waals surface area contributed by atoms with Crippen molar-refractivity contribution in [1.29, 1.82) is 0 Å². The predicted octanol–water partition coefficient (Wildman–Crippen LogP) is 5.43. The van der Waals surface area contributed by atoms with Gasteiger partial charge in [0.1, 0.15) is 5.76 Å². The molecule has 2 aliphatic rings. The molecule has 0 spiro atoms. The average molecular weight is 435 g/mol. The number of carbonyl (C=O) groups excluding carboxylic acids is 1. The molecular formula is C27H34N2O3. The van der Waals surface area contributed by atoms with Gasteiger partial charge in [-0.15, -0.1) is 0 Å². The first-order chi connectivity index (χ1) is 15.5. The van der Waals surface area contributed by atoms with Gasteiger partial charge in [0.25, 0.3) is 0 Å². The number of carbonyl (C=O) groups is 1. The Balaban J connectivity index is 1.60. The Kier molecular flexibility index (Phi) is 6.73. The Morgan fingerprint density at radius 3 is 2.88 bits per heavy atom. The standard InChI is InChI=1S/C27H34N2O3/c1-18-5-9-23-22(15-28-25(23)13-18)8-10-26-24(19(2)11-12-29(26)17-30)14-27(20(3)31-4)32-16-21-6-7-21/h5,9,13-15,17,21,26,28H,2,6-8,10-12,16H2,1,3-4H3/b24-14+,27-20-/t26-/m0/s1. The number of nitrogens with zero attached hydrogens (tertiary/aromatic N) is 1. The second kappa shape index (κ2) is 9.68. The van der Waals surface area contributed by atoms with Crippen molar-refractivity contribution in [3.8, 4) is 0 Å². The molecule has 1 saturated heterocycles. The van der Waals surface area contributed by atoms with Crippen molar-refractivity contribution in [2.75, 3.05) is 20.3 Å². The Hall–Kier alpha value is -2.95. The van der Waals surface area contributed by atoms with Crippen LogP contribution in [0.15, 0.2) is 59.7 Å². The second-order valence-electron chi connectivity index (χ2n) is 9.09. The van der Waals surface area contributed by atoms with Crippen molar-refractivity contribution in [3.63, 3.8) is 0 Å². The number of aromatic nitrogens is 1. The molecule has 1 aliphatic heterocycles. The summed E-state index contributed by atoms with van der Waals surface area (Å²) >= 11 is 0. The van der Waals surface area contributed by atoms with Crippen molar-refractivity contribution in [2.45, 2.75) is 52.0 Å². The van der Waals surface area contributed by atoms with E-state index in [4.69, 9.17) is 9.47 Å². The third kappa shape index (κ3) is 4.93. The Bertz CT molecular complexity index is 1060. The number of piperidine rings is 1. The highest BCUT2D eigenvalue weighted by Gasteiger charge is 2.29. The smallest absolute Gasteiger partial charge is 0.210 e. The molecule has 1 aliphatic carbocycles. The SMILES string of the molecule is C=C1CCN(C=O)[C@@H](CCc2c[nH]c3cc(C)ccc23)/C1=C/C(OCC1CC1)=C(\C)OC. The van der Waals surface area contributed by atoms with Gasteiger partial charge in [-0.25, -0.2) is 0 Å². The molecule has 5 heteroatoms. The Labute approximate surface area is 190 Å². The van der Waals surface area contributed by atoms with Gasteiger partial charge in [-0.05, 0) is 86.3 Å². The Morgan fingerprint density at radius 1 is 1.34 bits per heavy atom. The first kappa shape index (κ1) is 22.3. The van der Waals surface area contributed by atoms with Crippen molar-refractivity contribution in [1.82, 2.24) is 9.88 Å². The number of methoxy groups -OCH3 is 1. The van der Waals surface area contributed by atoms with Crippen molar-refractivity contribution >= 4 is 17.3 Å². The van der Waals surface area contributed by atoms with Crippen LogP contribution >= 0.6 is 0 Å².